The van der Waals surface area contributed by atoms with Gasteiger partial charge in [0.05, 0.1) is 0 Å². The number of hydrogen-bond donors (Lipinski definition) is 2. The molecule has 1 unspecified atom stereocenters. The number of hydrogen-bond acceptors (Lipinski definition) is 2. The van der Waals surface area contributed by atoms with Crippen LogP contribution in [0.3, 0.4) is 0 Å². The number of aryl methyl sites for hydroxylation is 1. The smallest absolute Gasteiger partial charge is 0.223 e. The van der Waals surface area contributed by atoms with Crippen LogP contribution < -0.4 is 10.6 Å². The van der Waals surface area contributed by atoms with E-state index in [1.54, 1.807) is 0 Å². The molecule has 0 radical (unpaired) electrons. The van der Waals surface area contributed by atoms with Crippen LogP contribution in [0.15, 0.2) is 53.5 Å². The van der Waals surface area contributed by atoms with E-state index in [-0.39, 0.29) is 29.9 Å². The SMILES string of the molecule is CCNC(=NCC(C)c1ccc(C)cc1)NCCCC(=O)N1Cc2ccccc2C1.I. The molecule has 1 aliphatic heterocycles. The maximum atomic E-state index is 12.5. The minimum absolute atomic E-state index is 0. The summed E-state index contributed by atoms with van der Waals surface area (Å²) in [5, 5.41) is 6.67. The molecular weight excluding hydrogens is 499 g/mol. The largest absolute Gasteiger partial charge is 0.357 e. The molecule has 31 heavy (non-hydrogen) atoms. The quantitative estimate of drug-likeness (QED) is 0.226. The van der Waals surface area contributed by atoms with Gasteiger partial charge in [-0.15, -0.1) is 24.0 Å². The van der Waals surface area contributed by atoms with Crippen molar-refractivity contribution in [3.8, 4) is 0 Å². The third-order valence-electron chi connectivity index (χ3n) is 5.57. The molecule has 1 atom stereocenters. The van der Waals surface area contributed by atoms with E-state index in [0.717, 1.165) is 45.1 Å². The Hall–Kier alpha value is -2.09. The number of rotatable bonds is 8. The number of nitrogens with one attached hydrogen (secondary N) is 2. The lowest BCUT2D eigenvalue weighted by atomic mass is 10.0. The van der Waals surface area contributed by atoms with Gasteiger partial charge in [0.15, 0.2) is 5.96 Å². The zero-order chi connectivity index (χ0) is 21.3. The van der Waals surface area contributed by atoms with Crippen LogP contribution in [0, 0.1) is 6.92 Å². The summed E-state index contributed by atoms with van der Waals surface area (Å²) in [6, 6.07) is 17.0. The topological polar surface area (TPSA) is 56.7 Å². The molecule has 2 aromatic rings. The molecule has 1 aliphatic rings. The van der Waals surface area contributed by atoms with Gasteiger partial charge in [0.25, 0.3) is 0 Å². The molecule has 5 nitrogen and oxygen atoms in total. The first-order valence-electron chi connectivity index (χ1n) is 11.0. The van der Waals surface area contributed by atoms with Gasteiger partial charge in [-0.3, -0.25) is 9.79 Å². The summed E-state index contributed by atoms with van der Waals surface area (Å²) in [4.78, 5) is 19.2. The summed E-state index contributed by atoms with van der Waals surface area (Å²) in [6.45, 7) is 10.1. The summed E-state index contributed by atoms with van der Waals surface area (Å²) in [6.07, 6.45) is 1.35. The fraction of sp³-hybridized carbons (Fsp3) is 0.440. The number of fused-ring (bicyclic) bond motifs is 1. The van der Waals surface area contributed by atoms with Crippen molar-refractivity contribution in [3.05, 3.63) is 70.8 Å². The lowest BCUT2D eigenvalue weighted by molar-refractivity contribution is -0.131. The highest BCUT2D eigenvalue weighted by molar-refractivity contribution is 14.0. The Balaban J connectivity index is 0.00000341. The van der Waals surface area contributed by atoms with Crippen LogP contribution in [0.4, 0.5) is 0 Å². The maximum Gasteiger partial charge on any atom is 0.223 e. The van der Waals surface area contributed by atoms with Gasteiger partial charge in [-0.2, -0.15) is 0 Å². The summed E-state index contributed by atoms with van der Waals surface area (Å²) in [5.41, 5.74) is 5.12. The lowest BCUT2D eigenvalue weighted by Gasteiger charge is -2.16. The van der Waals surface area contributed by atoms with Crippen molar-refractivity contribution < 1.29 is 4.79 Å². The van der Waals surface area contributed by atoms with Gasteiger partial charge in [0.2, 0.25) is 5.91 Å². The number of guanidine groups is 1. The molecule has 0 fully saturated rings. The second-order valence-corrected chi connectivity index (χ2v) is 8.08. The Bertz CT molecular complexity index is 841. The molecule has 1 amide bonds. The minimum Gasteiger partial charge on any atom is -0.357 e. The summed E-state index contributed by atoms with van der Waals surface area (Å²) in [7, 11) is 0. The van der Waals surface area contributed by atoms with E-state index in [1.807, 2.05) is 17.0 Å². The third kappa shape index (κ3) is 7.52. The van der Waals surface area contributed by atoms with Crippen molar-refractivity contribution in [3.63, 3.8) is 0 Å². The number of carbonyl (C=O) groups excluding carboxylic acids is 1. The molecular formula is C25H35IN4O. The van der Waals surface area contributed by atoms with Gasteiger partial charge in [-0.25, -0.2) is 0 Å². The van der Waals surface area contributed by atoms with Gasteiger partial charge in [0, 0.05) is 45.1 Å². The van der Waals surface area contributed by atoms with E-state index in [2.05, 4.69) is 67.8 Å². The standard InChI is InChI=1S/C25H34N4O.HI/c1-4-26-25(28-16-20(3)21-13-11-19(2)12-14-21)27-15-7-10-24(30)29-17-22-8-5-6-9-23(22)18-29;/h5-6,8-9,11-14,20H,4,7,10,15-18H2,1-3H3,(H2,26,27,28);1H. The molecule has 168 valence electrons. The highest BCUT2D eigenvalue weighted by Gasteiger charge is 2.22. The van der Waals surface area contributed by atoms with E-state index < -0.39 is 0 Å². The molecule has 0 saturated heterocycles. The third-order valence-corrected chi connectivity index (χ3v) is 5.57. The fourth-order valence-electron chi connectivity index (χ4n) is 3.68. The Morgan fingerprint density at radius 2 is 1.71 bits per heavy atom. The number of benzene rings is 2. The van der Waals surface area contributed by atoms with E-state index in [0.29, 0.717) is 12.3 Å². The first kappa shape index (κ1) is 25.2. The maximum absolute atomic E-state index is 12.5. The van der Waals surface area contributed by atoms with Crippen LogP contribution in [-0.2, 0) is 17.9 Å². The van der Waals surface area contributed by atoms with Gasteiger partial charge in [-0.05, 0) is 37.0 Å². The van der Waals surface area contributed by atoms with E-state index in [4.69, 9.17) is 4.99 Å². The Labute approximate surface area is 203 Å². The van der Waals surface area contributed by atoms with Crippen molar-refractivity contribution in [2.24, 2.45) is 4.99 Å². The molecule has 0 spiro atoms. The molecule has 0 saturated carbocycles. The highest BCUT2D eigenvalue weighted by Crippen LogP contribution is 2.22. The molecule has 3 rings (SSSR count). The number of carbonyl (C=O) groups is 1. The van der Waals surface area contributed by atoms with Crippen LogP contribution in [0.25, 0.3) is 0 Å². The van der Waals surface area contributed by atoms with E-state index in [9.17, 15) is 4.79 Å². The van der Waals surface area contributed by atoms with Crippen LogP contribution in [-0.4, -0.2) is 36.4 Å². The van der Waals surface area contributed by atoms with Crippen molar-refractivity contribution in [1.82, 2.24) is 15.5 Å². The van der Waals surface area contributed by atoms with Gasteiger partial charge < -0.3 is 15.5 Å². The van der Waals surface area contributed by atoms with E-state index in [1.165, 1.54) is 22.3 Å². The van der Waals surface area contributed by atoms with Gasteiger partial charge in [0.1, 0.15) is 0 Å². The second-order valence-electron chi connectivity index (χ2n) is 8.08. The zero-order valence-electron chi connectivity index (χ0n) is 18.9. The number of aliphatic imine (C=N–C) groups is 1. The van der Waals surface area contributed by atoms with Crippen molar-refractivity contribution >= 4 is 35.8 Å². The van der Waals surface area contributed by atoms with Crippen LogP contribution >= 0.6 is 24.0 Å². The minimum atomic E-state index is 0. The van der Waals surface area contributed by atoms with Crippen molar-refractivity contribution in [2.45, 2.75) is 52.6 Å². The number of amides is 1. The molecule has 0 bridgehead atoms. The normalized spacial score (nSPS) is 13.9. The fourth-order valence-corrected chi connectivity index (χ4v) is 3.68. The van der Waals surface area contributed by atoms with Crippen molar-refractivity contribution in [1.29, 1.82) is 0 Å². The second kappa shape index (κ2) is 12.7. The molecule has 2 N–H and O–H groups in total. The predicted octanol–water partition coefficient (Wildman–Crippen LogP) is 4.59. The molecule has 1 heterocycles. The molecule has 0 aliphatic carbocycles. The lowest BCUT2D eigenvalue weighted by Crippen LogP contribution is -2.38. The number of halogens is 1. The predicted molar refractivity (Wildman–Crippen MR) is 139 cm³/mol. The van der Waals surface area contributed by atoms with Crippen LogP contribution in [0.1, 0.15) is 54.9 Å². The summed E-state index contributed by atoms with van der Waals surface area (Å²) in [5.74, 6) is 1.40. The molecule has 0 aromatic heterocycles. The number of nitrogens with zero attached hydrogens (tertiary/aromatic N) is 2. The van der Waals surface area contributed by atoms with Gasteiger partial charge >= 0.3 is 0 Å². The average molecular weight is 534 g/mol. The zero-order valence-corrected chi connectivity index (χ0v) is 21.2. The van der Waals surface area contributed by atoms with E-state index >= 15 is 0 Å². The summed E-state index contributed by atoms with van der Waals surface area (Å²) >= 11 is 0. The first-order chi connectivity index (χ1) is 14.6. The Morgan fingerprint density at radius 1 is 1.06 bits per heavy atom. The van der Waals surface area contributed by atoms with Crippen molar-refractivity contribution in [2.75, 3.05) is 19.6 Å². The van der Waals surface area contributed by atoms with Gasteiger partial charge in [-0.1, -0.05) is 61.0 Å². The van der Waals surface area contributed by atoms with Crippen LogP contribution in [0.2, 0.25) is 0 Å². The molecule has 2 aromatic carbocycles. The monoisotopic (exact) mass is 534 g/mol. The first-order valence-corrected chi connectivity index (χ1v) is 11.0. The van der Waals surface area contributed by atoms with Crippen LogP contribution in [0.5, 0.6) is 0 Å². The average Bonchev–Trinajstić information content (AvgIpc) is 3.19. The Morgan fingerprint density at radius 3 is 2.32 bits per heavy atom. The summed E-state index contributed by atoms with van der Waals surface area (Å²) < 4.78 is 0. The molecule has 6 heteroatoms. The Kier molecular flexibility index (Phi) is 10.3. The highest BCUT2D eigenvalue weighted by atomic mass is 127.